The van der Waals surface area contributed by atoms with Gasteiger partial charge in [0.15, 0.2) is 0 Å². The highest BCUT2D eigenvalue weighted by atomic mass is 14.9. The molecule has 1 saturated carbocycles. The molecular formula is C14H30N2. The Bertz CT molecular complexity index is 181. The van der Waals surface area contributed by atoms with Crippen molar-refractivity contribution in [1.29, 1.82) is 0 Å². The second-order valence-corrected chi connectivity index (χ2v) is 6.26. The van der Waals surface area contributed by atoms with E-state index in [4.69, 9.17) is 5.73 Å². The molecule has 1 aliphatic rings. The van der Waals surface area contributed by atoms with E-state index < -0.39 is 0 Å². The Hall–Kier alpha value is -0.0800. The van der Waals surface area contributed by atoms with Crippen molar-refractivity contribution in [3.63, 3.8) is 0 Å². The predicted molar refractivity (Wildman–Crippen MR) is 71.4 cm³/mol. The van der Waals surface area contributed by atoms with E-state index in [0.717, 1.165) is 31.0 Å². The number of nitrogens with two attached hydrogens (primary N) is 1. The first kappa shape index (κ1) is 14.0. The largest absolute Gasteiger partial charge is 0.330 e. The Morgan fingerprint density at radius 3 is 2.12 bits per heavy atom. The average Bonchev–Trinajstić information content (AvgIpc) is 2.16. The summed E-state index contributed by atoms with van der Waals surface area (Å²) in [5, 5.41) is 3.73. The summed E-state index contributed by atoms with van der Waals surface area (Å²) in [5.41, 5.74) is 5.80. The summed E-state index contributed by atoms with van der Waals surface area (Å²) in [4.78, 5) is 0. The van der Waals surface area contributed by atoms with Crippen LogP contribution in [-0.4, -0.2) is 19.1 Å². The molecule has 0 saturated heterocycles. The summed E-state index contributed by atoms with van der Waals surface area (Å²) in [6.45, 7) is 11.2. The van der Waals surface area contributed by atoms with Crippen molar-refractivity contribution < 1.29 is 0 Å². The minimum atomic E-state index is 0.632. The lowest BCUT2D eigenvalue weighted by atomic mass is 9.80. The molecule has 0 aromatic carbocycles. The minimum Gasteiger partial charge on any atom is -0.330 e. The number of nitrogens with one attached hydrogen (secondary N) is 1. The third-order valence-electron chi connectivity index (χ3n) is 4.09. The van der Waals surface area contributed by atoms with E-state index in [1.54, 1.807) is 0 Å². The van der Waals surface area contributed by atoms with Crippen LogP contribution >= 0.6 is 0 Å². The van der Waals surface area contributed by atoms with Gasteiger partial charge in [0.25, 0.3) is 0 Å². The van der Waals surface area contributed by atoms with Crippen molar-refractivity contribution in [3.8, 4) is 0 Å². The van der Waals surface area contributed by atoms with Gasteiger partial charge in [0.2, 0.25) is 0 Å². The first-order valence-corrected chi connectivity index (χ1v) is 6.96. The Labute approximate surface area is 101 Å². The maximum Gasteiger partial charge on any atom is 0.00722 e. The van der Waals surface area contributed by atoms with Crippen molar-refractivity contribution in [3.05, 3.63) is 0 Å². The average molecular weight is 226 g/mol. The van der Waals surface area contributed by atoms with E-state index in [1.165, 1.54) is 19.3 Å². The van der Waals surface area contributed by atoms with Crippen LogP contribution in [0.5, 0.6) is 0 Å². The van der Waals surface area contributed by atoms with Gasteiger partial charge in [-0.1, -0.05) is 27.7 Å². The molecule has 0 bridgehead atoms. The van der Waals surface area contributed by atoms with E-state index in [1.807, 2.05) is 0 Å². The molecule has 0 radical (unpaired) electrons. The second kappa shape index (κ2) is 6.61. The zero-order valence-corrected chi connectivity index (χ0v) is 11.5. The van der Waals surface area contributed by atoms with Crippen LogP contribution in [0, 0.1) is 23.7 Å². The smallest absolute Gasteiger partial charge is 0.00722 e. The summed E-state index contributed by atoms with van der Waals surface area (Å²) in [7, 11) is 0. The second-order valence-electron chi connectivity index (χ2n) is 6.26. The summed E-state index contributed by atoms with van der Waals surface area (Å²) in [5.74, 6) is 3.09. The Balaban J connectivity index is 2.30. The van der Waals surface area contributed by atoms with Gasteiger partial charge in [0, 0.05) is 6.04 Å². The van der Waals surface area contributed by atoms with Gasteiger partial charge in [-0.15, -0.1) is 0 Å². The lowest BCUT2D eigenvalue weighted by molar-refractivity contribution is 0.225. The summed E-state index contributed by atoms with van der Waals surface area (Å²) in [6.07, 6.45) is 4.10. The van der Waals surface area contributed by atoms with Gasteiger partial charge in [-0.05, 0) is 56.0 Å². The summed E-state index contributed by atoms with van der Waals surface area (Å²) < 4.78 is 0. The SMILES string of the molecule is CC1CC(C)CC(NCC(CN)C(C)C)C1. The van der Waals surface area contributed by atoms with Crippen molar-refractivity contribution in [2.75, 3.05) is 13.1 Å². The van der Waals surface area contributed by atoms with Crippen molar-refractivity contribution >= 4 is 0 Å². The molecule has 2 nitrogen and oxygen atoms in total. The van der Waals surface area contributed by atoms with E-state index >= 15 is 0 Å². The van der Waals surface area contributed by atoms with Crippen LogP contribution in [0.4, 0.5) is 0 Å². The zero-order valence-electron chi connectivity index (χ0n) is 11.5. The quantitative estimate of drug-likeness (QED) is 0.756. The van der Waals surface area contributed by atoms with Crippen LogP contribution in [0.1, 0.15) is 47.0 Å². The highest BCUT2D eigenvalue weighted by Crippen LogP contribution is 2.28. The molecule has 2 heteroatoms. The van der Waals surface area contributed by atoms with Crippen molar-refractivity contribution in [2.45, 2.75) is 53.0 Å². The Morgan fingerprint density at radius 2 is 1.69 bits per heavy atom. The van der Waals surface area contributed by atoms with Gasteiger partial charge in [0.1, 0.15) is 0 Å². The van der Waals surface area contributed by atoms with E-state index in [-0.39, 0.29) is 0 Å². The molecule has 3 unspecified atom stereocenters. The molecular weight excluding hydrogens is 196 g/mol. The van der Waals surface area contributed by atoms with Crippen LogP contribution in [0.3, 0.4) is 0 Å². The fourth-order valence-corrected chi connectivity index (χ4v) is 3.02. The third kappa shape index (κ3) is 4.42. The van der Waals surface area contributed by atoms with Gasteiger partial charge >= 0.3 is 0 Å². The van der Waals surface area contributed by atoms with E-state index in [0.29, 0.717) is 11.8 Å². The van der Waals surface area contributed by atoms with Gasteiger partial charge in [0.05, 0.1) is 0 Å². The standard InChI is InChI=1S/C14H30N2/c1-10(2)13(8-15)9-16-14-6-11(3)5-12(4)7-14/h10-14,16H,5-9,15H2,1-4H3. The molecule has 0 aliphatic heterocycles. The summed E-state index contributed by atoms with van der Waals surface area (Å²) >= 11 is 0. The van der Waals surface area contributed by atoms with Crippen molar-refractivity contribution in [2.24, 2.45) is 29.4 Å². The first-order valence-electron chi connectivity index (χ1n) is 6.96. The van der Waals surface area contributed by atoms with Crippen LogP contribution < -0.4 is 11.1 Å². The Morgan fingerprint density at radius 1 is 1.12 bits per heavy atom. The van der Waals surface area contributed by atoms with Crippen LogP contribution in [0.25, 0.3) is 0 Å². The van der Waals surface area contributed by atoms with Gasteiger partial charge < -0.3 is 11.1 Å². The molecule has 1 fully saturated rings. The van der Waals surface area contributed by atoms with Crippen LogP contribution in [-0.2, 0) is 0 Å². The minimum absolute atomic E-state index is 0.632. The summed E-state index contributed by atoms with van der Waals surface area (Å²) in [6, 6.07) is 0.728. The number of hydrogen-bond donors (Lipinski definition) is 2. The molecule has 0 spiro atoms. The molecule has 96 valence electrons. The Kier molecular flexibility index (Phi) is 5.77. The monoisotopic (exact) mass is 226 g/mol. The van der Waals surface area contributed by atoms with Gasteiger partial charge in [-0.2, -0.15) is 0 Å². The van der Waals surface area contributed by atoms with Crippen molar-refractivity contribution in [1.82, 2.24) is 5.32 Å². The number of hydrogen-bond acceptors (Lipinski definition) is 2. The highest BCUT2D eigenvalue weighted by Gasteiger charge is 2.24. The van der Waals surface area contributed by atoms with Gasteiger partial charge in [-0.3, -0.25) is 0 Å². The highest BCUT2D eigenvalue weighted by molar-refractivity contribution is 4.81. The molecule has 0 aromatic rings. The maximum atomic E-state index is 5.80. The normalized spacial score (nSPS) is 33.0. The van der Waals surface area contributed by atoms with E-state index in [9.17, 15) is 0 Å². The molecule has 16 heavy (non-hydrogen) atoms. The predicted octanol–water partition coefficient (Wildman–Crippen LogP) is 2.63. The topological polar surface area (TPSA) is 38.0 Å². The van der Waals surface area contributed by atoms with Crippen LogP contribution in [0.15, 0.2) is 0 Å². The first-order chi connectivity index (χ1) is 7.52. The molecule has 0 heterocycles. The molecule has 0 aromatic heterocycles. The number of rotatable bonds is 5. The fraction of sp³-hybridized carbons (Fsp3) is 1.00. The molecule has 1 aliphatic carbocycles. The molecule has 0 amide bonds. The molecule has 3 N–H and O–H groups in total. The maximum absolute atomic E-state index is 5.80. The lowest BCUT2D eigenvalue weighted by Gasteiger charge is -2.33. The molecule has 1 rings (SSSR count). The van der Waals surface area contributed by atoms with Crippen LogP contribution in [0.2, 0.25) is 0 Å². The lowest BCUT2D eigenvalue weighted by Crippen LogP contribution is -2.41. The van der Waals surface area contributed by atoms with E-state index in [2.05, 4.69) is 33.0 Å². The zero-order chi connectivity index (χ0) is 12.1. The third-order valence-corrected chi connectivity index (χ3v) is 4.09. The fourth-order valence-electron chi connectivity index (χ4n) is 3.02. The molecule has 3 atom stereocenters. The van der Waals surface area contributed by atoms with Gasteiger partial charge in [-0.25, -0.2) is 0 Å².